The first-order valence-corrected chi connectivity index (χ1v) is 11.8. The lowest BCUT2D eigenvalue weighted by Gasteiger charge is -2.52. The molecule has 31 heavy (non-hydrogen) atoms. The Hall–Kier alpha value is -2.13. The quantitative estimate of drug-likeness (QED) is 0.396. The average molecular weight is 449 g/mol. The van der Waals surface area contributed by atoms with Crippen LogP contribution in [0.2, 0.25) is 10.0 Å². The van der Waals surface area contributed by atoms with Gasteiger partial charge in [-0.3, -0.25) is 9.89 Å². The van der Waals surface area contributed by atoms with Gasteiger partial charge < -0.3 is 0 Å². The van der Waals surface area contributed by atoms with Crippen LogP contribution in [-0.2, 0) is 0 Å². The van der Waals surface area contributed by atoms with Crippen LogP contribution in [0.3, 0.4) is 0 Å². The first-order valence-electron chi connectivity index (χ1n) is 11.0. The monoisotopic (exact) mass is 448 g/mol. The van der Waals surface area contributed by atoms with Crippen molar-refractivity contribution < 1.29 is 0 Å². The Morgan fingerprint density at radius 2 is 1.42 bits per heavy atom. The van der Waals surface area contributed by atoms with E-state index in [4.69, 9.17) is 28.2 Å². The van der Waals surface area contributed by atoms with Crippen LogP contribution >= 0.6 is 23.2 Å². The molecule has 0 aliphatic carbocycles. The van der Waals surface area contributed by atoms with Crippen LogP contribution in [-0.4, -0.2) is 36.3 Å². The zero-order chi connectivity index (χ0) is 21.2. The smallest absolute Gasteiger partial charge is 0.0693 e. The summed E-state index contributed by atoms with van der Waals surface area (Å²) >= 11 is 12.3. The standard InChI is InChI=1S/C27H26Cl2N2/c28-23-12-11-19(17-24(23)29)18-30-26-22-13-15-31(16-14-22)27(26)25(20-7-3-1-4-8-20)21-9-5-2-6-10-21/h1-12,17-18,22,25-27H,13-16H2/t26-,27-/m1/s1. The van der Waals surface area contributed by atoms with E-state index in [0.717, 1.165) is 18.7 Å². The second-order valence-electron chi connectivity index (χ2n) is 8.61. The number of benzene rings is 3. The van der Waals surface area contributed by atoms with E-state index >= 15 is 0 Å². The Morgan fingerprint density at radius 1 is 0.806 bits per heavy atom. The molecule has 3 fully saturated rings. The molecule has 3 aromatic rings. The van der Waals surface area contributed by atoms with Crippen LogP contribution in [0.4, 0.5) is 0 Å². The van der Waals surface area contributed by atoms with Crippen molar-refractivity contribution in [1.82, 2.24) is 4.90 Å². The molecule has 3 saturated heterocycles. The Balaban J connectivity index is 1.54. The lowest BCUT2D eigenvalue weighted by atomic mass is 9.71. The zero-order valence-electron chi connectivity index (χ0n) is 17.4. The highest BCUT2D eigenvalue weighted by Crippen LogP contribution is 2.43. The van der Waals surface area contributed by atoms with E-state index in [1.165, 1.54) is 24.0 Å². The van der Waals surface area contributed by atoms with Crippen LogP contribution in [0, 0.1) is 5.92 Å². The number of fused-ring (bicyclic) bond motifs is 3. The van der Waals surface area contributed by atoms with E-state index in [2.05, 4.69) is 65.6 Å². The van der Waals surface area contributed by atoms with Gasteiger partial charge >= 0.3 is 0 Å². The summed E-state index contributed by atoms with van der Waals surface area (Å²) in [5.74, 6) is 0.908. The minimum absolute atomic E-state index is 0.252. The van der Waals surface area contributed by atoms with E-state index in [1.807, 2.05) is 24.4 Å². The van der Waals surface area contributed by atoms with Gasteiger partial charge in [0.25, 0.3) is 0 Å². The number of nitrogens with zero attached hydrogens (tertiary/aromatic N) is 2. The minimum Gasteiger partial charge on any atom is -0.297 e. The van der Waals surface area contributed by atoms with E-state index in [0.29, 0.717) is 27.9 Å². The number of rotatable bonds is 5. The van der Waals surface area contributed by atoms with Crippen LogP contribution in [0.15, 0.2) is 83.9 Å². The molecule has 3 aliphatic heterocycles. The Morgan fingerprint density at radius 3 is 2.00 bits per heavy atom. The normalized spacial score (nSPS) is 25.4. The Kier molecular flexibility index (Phi) is 6.13. The molecule has 2 bridgehead atoms. The fourth-order valence-electron chi connectivity index (χ4n) is 5.34. The minimum atomic E-state index is 0.252. The summed E-state index contributed by atoms with van der Waals surface area (Å²) in [5, 5.41) is 1.15. The van der Waals surface area contributed by atoms with Gasteiger partial charge in [0.15, 0.2) is 0 Å². The van der Waals surface area contributed by atoms with E-state index in [1.54, 1.807) is 0 Å². The second-order valence-corrected chi connectivity index (χ2v) is 9.42. The highest BCUT2D eigenvalue weighted by molar-refractivity contribution is 6.42. The molecule has 2 nitrogen and oxygen atoms in total. The first-order chi connectivity index (χ1) is 15.2. The molecule has 4 heteroatoms. The lowest BCUT2D eigenvalue weighted by molar-refractivity contribution is 0.0215. The average Bonchev–Trinajstić information content (AvgIpc) is 2.83. The SMILES string of the molecule is Clc1ccc(C=N[C@@H]2C3CCN(CC3)[C@@H]2C(c2ccccc2)c2ccccc2)cc1Cl. The molecule has 0 spiro atoms. The molecule has 0 saturated carbocycles. The van der Waals surface area contributed by atoms with Gasteiger partial charge in [-0.25, -0.2) is 0 Å². The predicted molar refractivity (Wildman–Crippen MR) is 131 cm³/mol. The molecule has 0 aromatic heterocycles. The van der Waals surface area contributed by atoms with Crippen LogP contribution in [0.25, 0.3) is 0 Å². The number of hydrogen-bond acceptors (Lipinski definition) is 2. The lowest BCUT2D eigenvalue weighted by Crippen LogP contribution is -2.59. The molecule has 3 heterocycles. The van der Waals surface area contributed by atoms with Crippen molar-refractivity contribution in [1.29, 1.82) is 0 Å². The third-order valence-corrected chi connectivity index (χ3v) is 7.57. The number of halogens is 2. The fraction of sp³-hybridized carbons (Fsp3) is 0.296. The van der Waals surface area contributed by atoms with Gasteiger partial charge in [0, 0.05) is 18.2 Å². The molecule has 158 valence electrons. The maximum atomic E-state index is 6.24. The van der Waals surface area contributed by atoms with Crippen molar-refractivity contribution in [2.45, 2.75) is 30.8 Å². The molecule has 0 N–H and O–H groups in total. The van der Waals surface area contributed by atoms with Crippen LogP contribution in [0.1, 0.15) is 35.4 Å². The Labute approximate surface area is 194 Å². The molecule has 3 aromatic carbocycles. The van der Waals surface area contributed by atoms with Crippen LogP contribution in [0.5, 0.6) is 0 Å². The summed E-state index contributed by atoms with van der Waals surface area (Å²) in [5.41, 5.74) is 3.72. The highest BCUT2D eigenvalue weighted by atomic mass is 35.5. The van der Waals surface area contributed by atoms with Crippen molar-refractivity contribution in [3.63, 3.8) is 0 Å². The molecule has 3 aliphatic rings. The summed E-state index contributed by atoms with van der Waals surface area (Å²) in [4.78, 5) is 7.86. The molecular formula is C27H26Cl2N2. The van der Waals surface area contributed by atoms with Crippen molar-refractivity contribution in [3.8, 4) is 0 Å². The van der Waals surface area contributed by atoms with Crippen molar-refractivity contribution in [3.05, 3.63) is 106 Å². The van der Waals surface area contributed by atoms with Gasteiger partial charge in [-0.05, 0) is 60.7 Å². The van der Waals surface area contributed by atoms with E-state index in [-0.39, 0.29) is 6.04 Å². The zero-order valence-corrected chi connectivity index (χ0v) is 18.9. The van der Waals surface area contributed by atoms with Gasteiger partial charge in [-0.15, -0.1) is 0 Å². The van der Waals surface area contributed by atoms with E-state index in [9.17, 15) is 0 Å². The van der Waals surface area contributed by atoms with Gasteiger partial charge in [0.2, 0.25) is 0 Å². The van der Waals surface area contributed by atoms with Gasteiger partial charge in [-0.1, -0.05) is 89.9 Å². The summed E-state index contributed by atoms with van der Waals surface area (Å²) in [6.45, 7) is 2.31. The molecule has 0 amide bonds. The first kappa shape index (κ1) is 20.8. The van der Waals surface area contributed by atoms with Gasteiger partial charge in [-0.2, -0.15) is 0 Å². The van der Waals surface area contributed by atoms with Gasteiger partial charge in [0.05, 0.1) is 16.1 Å². The number of hydrogen-bond donors (Lipinski definition) is 0. The van der Waals surface area contributed by atoms with Crippen molar-refractivity contribution in [2.75, 3.05) is 13.1 Å². The molecular weight excluding hydrogens is 423 g/mol. The predicted octanol–water partition coefficient (Wildman–Crippen LogP) is 6.71. The van der Waals surface area contributed by atoms with Gasteiger partial charge in [0.1, 0.15) is 0 Å². The number of aliphatic imine (C=N–C) groups is 1. The number of piperidine rings is 3. The summed E-state index contributed by atoms with van der Waals surface area (Å²) in [6.07, 6.45) is 4.43. The molecule has 0 unspecified atom stereocenters. The second kappa shape index (κ2) is 9.16. The fourth-order valence-corrected chi connectivity index (χ4v) is 5.65. The maximum absolute atomic E-state index is 6.24. The Bertz CT molecular complexity index is 1000. The molecule has 2 atom stereocenters. The molecule has 0 radical (unpaired) electrons. The summed E-state index contributed by atoms with van der Waals surface area (Å²) < 4.78 is 0. The van der Waals surface area contributed by atoms with E-state index < -0.39 is 0 Å². The van der Waals surface area contributed by atoms with Crippen molar-refractivity contribution in [2.24, 2.45) is 10.9 Å². The third kappa shape index (κ3) is 4.30. The van der Waals surface area contributed by atoms with Crippen molar-refractivity contribution >= 4 is 29.4 Å². The van der Waals surface area contributed by atoms with Crippen LogP contribution < -0.4 is 0 Å². The largest absolute Gasteiger partial charge is 0.297 e. The highest BCUT2D eigenvalue weighted by Gasteiger charge is 2.46. The molecule has 6 rings (SSSR count). The third-order valence-electron chi connectivity index (χ3n) is 6.83. The summed E-state index contributed by atoms with van der Waals surface area (Å²) in [6, 6.07) is 28.2. The topological polar surface area (TPSA) is 15.6 Å². The maximum Gasteiger partial charge on any atom is 0.0693 e. The summed E-state index contributed by atoms with van der Waals surface area (Å²) in [7, 11) is 0.